The van der Waals surface area contributed by atoms with Gasteiger partial charge in [-0.1, -0.05) is 25.3 Å². The highest BCUT2D eigenvalue weighted by Gasteiger charge is 2.35. The van der Waals surface area contributed by atoms with Gasteiger partial charge in [-0.3, -0.25) is 0 Å². The Morgan fingerprint density at radius 1 is 1.40 bits per heavy atom. The molecule has 0 aromatic carbocycles. The van der Waals surface area contributed by atoms with Crippen molar-refractivity contribution < 1.29 is 4.42 Å². The van der Waals surface area contributed by atoms with Gasteiger partial charge in [-0.2, -0.15) is 0 Å². The highest BCUT2D eigenvalue weighted by Crippen LogP contribution is 2.41. The smallest absolute Gasteiger partial charge is 0.113 e. The molecule has 0 N–H and O–H groups in total. The van der Waals surface area contributed by atoms with E-state index in [9.17, 15) is 0 Å². The Kier molecular flexibility index (Phi) is 2.99. The first-order chi connectivity index (χ1) is 7.27. The minimum Gasteiger partial charge on any atom is -0.468 e. The average Bonchev–Trinajstić information content (AvgIpc) is 2.83. The standard InChI is InChI=1S/C14H20O/c1-3-14(2,13-10-7-11-15-13)12-8-5-4-6-9-12/h3,7,10-12H,1,4-6,8-9H2,2H3/t14-/m0/s1. The summed E-state index contributed by atoms with van der Waals surface area (Å²) in [4.78, 5) is 0. The first-order valence-corrected chi connectivity index (χ1v) is 5.95. The van der Waals surface area contributed by atoms with E-state index in [1.807, 2.05) is 6.07 Å². The van der Waals surface area contributed by atoms with Gasteiger partial charge in [-0.25, -0.2) is 0 Å². The molecule has 1 heteroatoms. The van der Waals surface area contributed by atoms with Crippen molar-refractivity contribution in [3.63, 3.8) is 0 Å². The minimum atomic E-state index is 0.0317. The lowest BCUT2D eigenvalue weighted by Gasteiger charge is -2.36. The van der Waals surface area contributed by atoms with Crippen molar-refractivity contribution in [1.82, 2.24) is 0 Å². The molecule has 0 amide bonds. The van der Waals surface area contributed by atoms with Crippen LogP contribution in [-0.2, 0) is 5.41 Å². The van der Waals surface area contributed by atoms with Crippen LogP contribution in [0.2, 0.25) is 0 Å². The lowest BCUT2D eigenvalue weighted by Crippen LogP contribution is -2.31. The third-order valence-electron chi connectivity index (χ3n) is 3.93. The number of rotatable bonds is 3. The van der Waals surface area contributed by atoms with Crippen molar-refractivity contribution in [3.05, 3.63) is 36.8 Å². The van der Waals surface area contributed by atoms with Crippen LogP contribution >= 0.6 is 0 Å². The summed E-state index contributed by atoms with van der Waals surface area (Å²) in [7, 11) is 0. The molecule has 82 valence electrons. The summed E-state index contributed by atoms with van der Waals surface area (Å²) < 4.78 is 5.57. The van der Waals surface area contributed by atoms with E-state index in [2.05, 4.69) is 25.6 Å². The number of furan rings is 1. The molecule has 0 spiro atoms. The molecule has 1 saturated carbocycles. The molecule has 1 fully saturated rings. The Bertz CT molecular complexity index is 306. The maximum Gasteiger partial charge on any atom is 0.113 e. The van der Waals surface area contributed by atoms with Crippen molar-refractivity contribution in [3.8, 4) is 0 Å². The van der Waals surface area contributed by atoms with Gasteiger partial charge in [-0.05, 0) is 37.8 Å². The normalized spacial score (nSPS) is 22.2. The summed E-state index contributed by atoms with van der Waals surface area (Å²) in [6, 6.07) is 4.05. The molecule has 0 aliphatic heterocycles. The first-order valence-electron chi connectivity index (χ1n) is 5.95. The Balaban J connectivity index is 2.23. The Hall–Kier alpha value is -0.980. The summed E-state index contributed by atoms with van der Waals surface area (Å²) in [6.45, 7) is 6.26. The van der Waals surface area contributed by atoms with E-state index < -0.39 is 0 Å². The predicted molar refractivity (Wildman–Crippen MR) is 62.8 cm³/mol. The molecule has 1 aliphatic rings. The summed E-state index contributed by atoms with van der Waals surface area (Å²) in [5.41, 5.74) is 0.0317. The van der Waals surface area contributed by atoms with E-state index in [1.165, 1.54) is 32.1 Å². The molecule has 0 radical (unpaired) electrons. The topological polar surface area (TPSA) is 13.1 Å². The van der Waals surface area contributed by atoms with E-state index in [0.717, 1.165) is 5.76 Å². The molecule has 1 nitrogen and oxygen atoms in total. The summed E-state index contributed by atoms with van der Waals surface area (Å²) in [5.74, 6) is 1.78. The van der Waals surface area contributed by atoms with Gasteiger partial charge < -0.3 is 4.42 Å². The van der Waals surface area contributed by atoms with Crippen LogP contribution in [0, 0.1) is 5.92 Å². The maximum atomic E-state index is 5.57. The fraction of sp³-hybridized carbons (Fsp3) is 0.571. The third-order valence-corrected chi connectivity index (χ3v) is 3.93. The molecule has 1 aromatic heterocycles. The monoisotopic (exact) mass is 204 g/mol. The molecular formula is C14H20O. The molecule has 1 aliphatic carbocycles. The fourth-order valence-electron chi connectivity index (χ4n) is 2.76. The summed E-state index contributed by atoms with van der Waals surface area (Å²) in [6.07, 6.45) is 10.6. The van der Waals surface area contributed by atoms with Gasteiger partial charge >= 0.3 is 0 Å². The van der Waals surface area contributed by atoms with Crippen LogP contribution in [0.15, 0.2) is 35.5 Å². The SMILES string of the molecule is C=C[C@](C)(c1ccco1)C1CCCCC1. The van der Waals surface area contributed by atoms with Gasteiger partial charge in [-0.15, -0.1) is 6.58 Å². The van der Waals surface area contributed by atoms with Crippen molar-refractivity contribution in [2.45, 2.75) is 44.4 Å². The average molecular weight is 204 g/mol. The minimum absolute atomic E-state index is 0.0317. The van der Waals surface area contributed by atoms with Crippen LogP contribution in [0.5, 0.6) is 0 Å². The molecule has 1 heterocycles. The predicted octanol–water partition coefficient (Wildman–Crippen LogP) is 4.30. The molecule has 0 saturated heterocycles. The molecule has 0 unspecified atom stereocenters. The molecule has 15 heavy (non-hydrogen) atoms. The van der Waals surface area contributed by atoms with Crippen molar-refractivity contribution >= 4 is 0 Å². The van der Waals surface area contributed by atoms with E-state index >= 15 is 0 Å². The molecule has 2 rings (SSSR count). The quantitative estimate of drug-likeness (QED) is 0.669. The van der Waals surface area contributed by atoms with Gasteiger partial charge in [0.1, 0.15) is 5.76 Å². The Labute approximate surface area is 92.2 Å². The Morgan fingerprint density at radius 2 is 2.13 bits per heavy atom. The summed E-state index contributed by atoms with van der Waals surface area (Å²) >= 11 is 0. The van der Waals surface area contributed by atoms with Gasteiger partial charge in [0.2, 0.25) is 0 Å². The second-order valence-corrected chi connectivity index (χ2v) is 4.80. The summed E-state index contributed by atoms with van der Waals surface area (Å²) in [5, 5.41) is 0. The van der Waals surface area contributed by atoms with Crippen LogP contribution in [0.25, 0.3) is 0 Å². The van der Waals surface area contributed by atoms with Gasteiger partial charge in [0, 0.05) is 5.41 Å². The number of allylic oxidation sites excluding steroid dienone is 1. The van der Waals surface area contributed by atoms with Crippen molar-refractivity contribution in [2.24, 2.45) is 5.92 Å². The molecule has 1 atom stereocenters. The van der Waals surface area contributed by atoms with E-state index in [1.54, 1.807) is 6.26 Å². The first kappa shape index (κ1) is 10.5. The van der Waals surface area contributed by atoms with Crippen LogP contribution in [0.3, 0.4) is 0 Å². The fourth-order valence-corrected chi connectivity index (χ4v) is 2.76. The van der Waals surface area contributed by atoms with Crippen molar-refractivity contribution in [1.29, 1.82) is 0 Å². The van der Waals surface area contributed by atoms with Crippen LogP contribution in [-0.4, -0.2) is 0 Å². The van der Waals surface area contributed by atoms with Crippen LogP contribution in [0.1, 0.15) is 44.8 Å². The molecule has 1 aromatic rings. The van der Waals surface area contributed by atoms with Gasteiger partial charge in [0.15, 0.2) is 0 Å². The highest BCUT2D eigenvalue weighted by molar-refractivity contribution is 5.21. The van der Waals surface area contributed by atoms with Crippen LogP contribution in [0.4, 0.5) is 0 Å². The number of hydrogen-bond donors (Lipinski definition) is 0. The third kappa shape index (κ3) is 1.88. The molecular weight excluding hydrogens is 184 g/mol. The lowest BCUT2D eigenvalue weighted by atomic mass is 9.68. The zero-order chi connectivity index (χ0) is 10.7. The Morgan fingerprint density at radius 3 is 2.67 bits per heavy atom. The zero-order valence-electron chi connectivity index (χ0n) is 9.54. The van der Waals surface area contributed by atoms with E-state index in [-0.39, 0.29) is 5.41 Å². The number of hydrogen-bond acceptors (Lipinski definition) is 1. The maximum absolute atomic E-state index is 5.57. The largest absolute Gasteiger partial charge is 0.468 e. The van der Waals surface area contributed by atoms with E-state index in [0.29, 0.717) is 5.92 Å². The van der Waals surface area contributed by atoms with E-state index in [4.69, 9.17) is 4.42 Å². The molecule has 0 bridgehead atoms. The lowest BCUT2D eigenvalue weighted by molar-refractivity contribution is 0.231. The van der Waals surface area contributed by atoms with Crippen molar-refractivity contribution in [2.75, 3.05) is 0 Å². The van der Waals surface area contributed by atoms with Crippen LogP contribution < -0.4 is 0 Å². The van der Waals surface area contributed by atoms with Gasteiger partial charge in [0.05, 0.1) is 6.26 Å². The zero-order valence-corrected chi connectivity index (χ0v) is 9.54. The van der Waals surface area contributed by atoms with Gasteiger partial charge in [0.25, 0.3) is 0 Å². The second kappa shape index (κ2) is 4.26. The highest BCUT2D eigenvalue weighted by atomic mass is 16.3. The second-order valence-electron chi connectivity index (χ2n) is 4.80.